The zero-order valence-corrected chi connectivity index (χ0v) is 24.9. The number of benzene rings is 5. The Labute approximate surface area is 262 Å². The van der Waals surface area contributed by atoms with Crippen LogP contribution in [0.5, 0.6) is 0 Å². The van der Waals surface area contributed by atoms with Crippen LogP contribution >= 0.6 is 23.2 Å². The first-order valence-corrected chi connectivity index (χ1v) is 14.6. The molecule has 0 bridgehead atoms. The Morgan fingerprint density at radius 2 is 1.05 bits per heavy atom. The number of aromatic nitrogens is 2. The average Bonchev–Trinajstić information content (AvgIpc) is 3.07. The highest BCUT2D eigenvalue weighted by Gasteiger charge is 2.10. The lowest BCUT2D eigenvalue weighted by atomic mass is 10.0. The van der Waals surface area contributed by atoms with Crippen molar-refractivity contribution in [2.75, 3.05) is 0 Å². The number of nitrogens with zero attached hydrogens (tertiary/aromatic N) is 2. The fraction of sp³-hybridized carbons (Fsp3) is 0.0811. The van der Waals surface area contributed by atoms with Gasteiger partial charge in [0.05, 0.1) is 24.8 Å². The number of hydrogen-bond acceptors (Lipinski definition) is 4. The second-order valence-electron chi connectivity index (χ2n) is 9.78. The van der Waals surface area contributed by atoms with Gasteiger partial charge in [-0.2, -0.15) is 0 Å². The second-order valence-corrected chi connectivity index (χ2v) is 10.6. The van der Waals surface area contributed by atoms with Crippen LogP contribution in [0.3, 0.4) is 0 Å². The second kappa shape index (κ2) is 15.2. The lowest BCUT2D eigenvalue weighted by Gasteiger charge is -2.09. The first-order chi connectivity index (χ1) is 21.1. The molecule has 0 aliphatic rings. The normalized spacial score (nSPS) is 10.6. The van der Waals surface area contributed by atoms with Gasteiger partial charge in [-0.05, 0) is 69.3 Å². The number of aliphatic hydroxyl groups excluding tert-OH is 1. The molecule has 0 saturated heterocycles. The van der Waals surface area contributed by atoms with E-state index in [-0.39, 0.29) is 6.61 Å². The van der Waals surface area contributed by atoms with E-state index >= 15 is 0 Å². The Bertz CT molecular complexity index is 1670. The molecule has 214 valence electrons. The van der Waals surface area contributed by atoms with Crippen molar-refractivity contribution in [3.05, 3.63) is 167 Å². The fourth-order valence-corrected chi connectivity index (χ4v) is 5.08. The van der Waals surface area contributed by atoms with Gasteiger partial charge in [-0.15, -0.1) is 0 Å². The maximum atomic E-state index is 9.11. The van der Waals surface area contributed by atoms with Gasteiger partial charge in [0.15, 0.2) is 5.82 Å². The summed E-state index contributed by atoms with van der Waals surface area (Å²) < 4.78 is 5.99. The molecule has 43 heavy (non-hydrogen) atoms. The van der Waals surface area contributed by atoms with Crippen LogP contribution in [0.4, 0.5) is 0 Å². The Balaban J connectivity index is 0.000000196. The van der Waals surface area contributed by atoms with E-state index in [1.165, 1.54) is 33.4 Å². The highest BCUT2D eigenvalue weighted by molar-refractivity contribution is 6.36. The zero-order valence-electron chi connectivity index (χ0n) is 23.4. The molecule has 4 nitrogen and oxygen atoms in total. The lowest BCUT2D eigenvalue weighted by molar-refractivity contribution is 0.107. The molecule has 0 unspecified atom stereocenters. The highest BCUT2D eigenvalue weighted by Crippen LogP contribution is 2.31. The van der Waals surface area contributed by atoms with Crippen molar-refractivity contribution >= 4 is 23.2 Å². The maximum Gasteiger partial charge on any atom is 0.160 e. The lowest BCUT2D eigenvalue weighted by Crippen LogP contribution is -1.95. The Morgan fingerprint density at radius 3 is 1.56 bits per heavy atom. The summed E-state index contributed by atoms with van der Waals surface area (Å²) >= 11 is 12.0. The molecule has 0 radical (unpaired) electrons. The summed E-state index contributed by atoms with van der Waals surface area (Å²) in [4.78, 5) is 8.19. The summed E-state index contributed by atoms with van der Waals surface area (Å²) in [7, 11) is 0. The van der Waals surface area contributed by atoms with E-state index < -0.39 is 0 Å². The molecule has 0 saturated carbocycles. The molecule has 6 heteroatoms. The van der Waals surface area contributed by atoms with Gasteiger partial charge in [0, 0.05) is 23.0 Å². The zero-order chi connectivity index (χ0) is 29.9. The highest BCUT2D eigenvalue weighted by atomic mass is 35.5. The van der Waals surface area contributed by atoms with Crippen LogP contribution in [0.2, 0.25) is 10.0 Å². The molecule has 1 heterocycles. The molecule has 1 aromatic heterocycles. The van der Waals surface area contributed by atoms with Gasteiger partial charge >= 0.3 is 0 Å². The van der Waals surface area contributed by atoms with E-state index in [1.807, 2.05) is 12.1 Å². The number of aliphatic hydroxyl groups is 1. The minimum absolute atomic E-state index is 0.143. The molecular formula is C37H30Cl2N2O2. The van der Waals surface area contributed by atoms with E-state index in [4.69, 9.17) is 33.0 Å². The molecule has 0 spiro atoms. The number of halogens is 2. The Hall–Kier alpha value is -4.32. The Morgan fingerprint density at radius 1 is 0.535 bits per heavy atom. The van der Waals surface area contributed by atoms with Crippen molar-refractivity contribution in [3.63, 3.8) is 0 Å². The summed E-state index contributed by atoms with van der Waals surface area (Å²) in [6.45, 7) is 1.07. The van der Waals surface area contributed by atoms with Crippen molar-refractivity contribution < 1.29 is 9.84 Å². The van der Waals surface area contributed by atoms with Crippen LogP contribution in [0, 0.1) is 0 Å². The topological polar surface area (TPSA) is 55.2 Å². The first-order valence-electron chi connectivity index (χ1n) is 13.8. The monoisotopic (exact) mass is 604 g/mol. The van der Waals surface area contributed by atoms with E-state index in [0.717, 1.165) is 0 Å². The summed E-state index contributed by atoms with van der Waals surface area (Å²) in [6.07, 6.45) is 3.26. The minimum atomic E-state index is -0.143. The predicted octanol–water partition coefficient (Wildman–Crippen LogP) is 9.68. The van der Waals surface area contributed by atoms with Crippen LogP contribution in [0.1, 0.15) is 16.7 Å². The third kappa shape index (κ3) is 8.38. The molecule has 0 aliphatic carbocycles. The van der Waals surface area contributed by atoms with Crippen LogP contribution < -0.4 is 0 Å². The van der Waals surface area contributed by atoms with Crippen molar-refractivity contribution in [3.8, 4) is 33.6 Å². The number of hydrogen-bond donors (Lipinski definition) is 1. The van der Waals surface area contributed by atoms with Crippen molar-refractivity contribution in [2.45, 2.75) is 19.8 Å². The van der Waals surface area contributed by atoms with Gasteiger partial charge in [-0.25, -0.2) is 9.97 Å². The molecule has 0 aliphatic heterocycles. The van der Waals surface area contributed by atoms with Crippen molar-refractivity contribution in [1.29, 1.82) is 0 Å². The van der Waals surface area contributed by atoms with E-state index in [2.05, 4.69) is 107 Å². The molecular weight excluding hydrogens is 575 g/mol. The van der Waals surface area contributed by atoms with Crippen molar-refractivity contribution in [2.24, 2.45) is 0 Å². The molecule has 0 fully saturated rings. The quantitative estimate of drug-likeness (QED) is 0.188. The predicted molar refractivity (Wildman–Crippen MR) is 176 cm³/mol. The van der Waals surface area contributed by atoms with E-state index in [1.54, 1.807) is 30.6 Å². The largest absolute Gasteiger partial charge is 0.392 e. The summed E-state index contributed by atoms with van der Waals surface area (Å²) in [5.41, 5.74) is 8.56. The van der Waals surface area contributed by atoms with E-state index in [9.17, 15) is 0 Å². The standard InChI is InChI=1S/C26H22O.C11H8Cl2N2O/c1-3-11-23(12-4-1)25-15-7-9-21(17-25)19-27-20-22-10-8-16-26(18-22)24-13-5-2-6-14-24;12-9-5-10(13)8(4-7(9)6-16)11-14-2-1-3-15-11/h1-18H,19-20H2;1-5,16H,6H2. The van der Waals surface area contributed by atoms with Crippen LogP contribution in [-0.2, 0) is 24.6 Å². The maximum absolute atomic E-state index is 9.11. The molecule has 0 amide bonds. The minimum Gasteiger partial charge on any atom is -0.392 e. The smallest absolute Gasteiger partial charge is 0.160 e. The van der Waals surface area contributed by atoms with Gasteiger partial charge in [0.2, 0.25) is 0 Å². The third-order valence-electron chi connectivity index (χ3n) is 6.72. The summed E-state index contributed by atoms with van der Waals surface area (Å²) in [5, 5.41) is 10.0. The summed E-state index contributed by atoms with van der Waals surface area (Å²) in [6, 6.07) is 43.0. The van der Waals surface area contributed by atoms with Gasteiger partial charge in [0.1, 0.15) is 0 Å². The van der Waals surface area contributed by atoms with Crippen LogP contribution in [-0.4, -0.2) is 15.1 Å². The van der Waals surface area contributed by atoms with Gasteiger partial charge < -0.3 is 9.84 Å². The van der Waals surface area contributed by atoms with Crippen LogP contribution in [0.25, 0.3) is 33.6 Å². The molecule has 6 rings (SSSR count). The van der Waals surface area contributed by atoms with Crippen molar-refractivity contribution in [1.82, 2.24) is 9.97 Å². The molecule has 0 atom stereocenters. The number of ether oxygens (including phenoxy) is 1. The van der Waals surface area contributed by atoms with Crippen LogP contribution in [0.15, 0.2) is 140 Å². The van der Waals surface area contributed by atoms with Gasteiger partial charge in [-0.3, -0.25) is 0 Å². The third-order valence-corrected chi connectivity index (χ3v) is 7.38. The average molecular weight is 606 g/mol. The van der Waals surface area contributed by atoms with E-state index in [0.29, 0.717) is 40.2 Å². The molecule has 5 aromatic carbocycles. The SMILES string of the molecule is OCc1cc(-c2ncccn2)c(Cl)cc1Cl.c1ccc(-c2cccc(COCc3cccc(-c4ccccc4)c3)c2)cc1. The number of rotatable bonds is 8. The first kappa shape index (κ1) is 30.1. The van der Waals surface area contributed by atoms with Gasteiger partial charge in [-0.1, -0.05) is 120 Å². The summed E-state index contributed by atoms with van der Waals surface area (Å²) in [5.74, 6) is 0.513. The fourth-order valence-electron chi connectivity index (χ4n) is 4.55. The van der Waals surface area contributed by atoms with Gasteiger partial charge in [0.25, 0.3) is 0 Å². The Kier molecular flexibility index (Phi) is 10.7. The molecule has 6 aromatic rings. The molecule has 1 N–H and O–H groups in total.